The van der Waals surface area contributed by atoms with Crippen molar-refractivity contribution in [1.82, 2.24) is 9.78 Å². The fraction of sp³-hybridized carbons (Fsp3) is 0.200. The Kier molecular flexibility index (Phi) is 2.84. The number of furan rings is 1. The molecule has 0 saturated carbocycles. The number of nitrogens with two attached hydrogens (primary N) is 1. The lowest BCUT2D eigenvalue weighted by molar-refractivity contribution is -0.401. The Morgan fingerprint density at radius 3 is 2.83 bits per heavy atom. The van der Waals surface area contributed by atoms with Gasteiger partial charge >= 0.3 is 5.88 Å². The molecule has 0 aliphatic heterocycles. The first-order chi connectivity index (χ1) is 8.52. The van der Waals surface area contributed by atoms with Gasteiger partial charge in [0, 0.05) is 12.7 Å². The standard InChI is InChI=1S/C10H10N4O4/c1-2-13-5-6(10(11)15)9(12-13)7-3-4-8(18-7)14(16)17/h3-5H,2H2,1H3,(H2,11,15). The Balaban J connectivity index is 2.51. The van der Waals surface area contributed by atoms with Crippen LogP contribution < -0.4 is 5.73 Å². The highest BCUT2D eigenvalue weighted by atomic mass is 16.6. The van der Waals surface area contributed by atoms with E-state index in [9.17, 15) is 14.9 Å². The van der Waals surface area contributed by atoms with E-state index in [0.29, 0.717) is 6.54 Å². The van der Waals surface area contributed by atoms with Crippen molar-refractivity contribution in [1.29, 1.82) is 0 Å². The second-order valence-electron chi connectivity index (χ2n) is 3.51. The van der Waals surface area contributed by atoms with E-state index in [2.05, 4.69) is 5.10 Å². The van der Waals surface area contributed by atoms with E-state index in [1.54, 1.807) is 0 Å². The number of carbonyl (C=O) groups is 1. The molecule has 0 aliphatic rings. The summed E-state index contributed by atoms with van der Waals surface area (Å²) in [4.78, 5) is 21.1. The third-order valence-electron chi connectivity index (χ3n) is 2.36. The van der Waals surface area contributed by atoms with Crippen molar-refractivity contribution in [3.8, 4) is 11.5 Å². The number of amides is 1. The third kappa shape index (κ3) is 1.95. The minimum atomic E-state index is -0.663. The van der Waals surface area contributed by atoms with Gasteiger partial charge in [-0.3, -0.25) is 19.6 Å². The molecule has 0 spiro atoms. The monoisotopic (exact) mass is 250 g/mol. The van der Waals surface area contributed by atoms with Crippen LogP contribution in [-0.4, -0.2) is 20.6 Å². The van der Waals surface area contributed by atoms with E-state index in [0.717, 1.165) is 0 Å². The third-order valence-corrected chi connectivity index (χ3v) is 2.36. The Bertz CT molecular complexity index is 613. The molecule has 8 heteroatoms. The maximum absolute atomic E-state index is 11.3. The second kappa shape index (κ2) is 4.32. The molecule has 0 saturated heterocycles. The van der Waals surface area contributed by atoms with Crippen molar-refractivity contribution in [3.63, 3.8) is 0 Å². The average molecular weight is 250 g/mol. The van der Waals surface area contributed by atoms with Gasteiger partial charge in [-0.1, -0.05) is 0 Å². The molecular weight excluding hydrogens is 240 g/mol. The van der Waals surface area contributed by atoms with Crippen LogP contribution >= 0.6 is 0 Å². The number of aromatic nitrogens is 2. The number of carbonyl (C=O) groups excluding carboxylic acids is 1. The van der Waals surface area contributed by atoms with E-state index >= 15 is 0 Å². The molecule has 18 heavy (non-hydrogen) atoms. The summed E-state index contributed by atoms with van der Waals surface area (Å²) in [6.45, 7) is 2.38. The molecule has 2 aromatic rings. The predicted molar refractivity (Wildman–Crippen MR) is 60.8 cm³/mol. The fourth-order valence-electron chi connectivity index (χ4n) is 1.50. The molecule has 0 aliphatic carbocycles. The molecule has 1 amide bonds. The van der Waals surface area contributed by atoms with Crippen LogP contribution in [0.15, 0.2) is 22.7 Å². The highest BCUT2D eigenvalue weighted by Gasteiger charge is 2.21. The predicted octanol–water partition coefficient (Wildman–Crippen LogP) is 1.17. The highest BCUT2D eigenvalue weighted by Crippen LogP contribution is 2.27. The second-order valence-corrected chi connectivity index (χ2v) is 3.51. The van der Waals surface area contributed by atoms with Gasteiger partial charge in [0.1, 0.15) is 10.6 Å². The van der Waals surface area contributed by atoms with Crippen LogP contribution in [0.25, 0.3) is 11.5 Å². The molecule has 0 atom stereocenters. The van der Waals surface area contributed by atoms with E-state index in [4.69, 9.17) is 10.2 Å². The Morgan fingerprint density at radius 1 is 1.61 bits per heavy atom. The molecule has 0 radical (unpaired) electrons. The van der Waals surface area contributed by atoms with E-state index < -0.39 is 16.7 Å². The summed E-state index contributed by atoms with van der Waals surface area (Å²) in [5.41, 5.74) is 5.59. The largest absolute Gasteiger partial charge is 0.433 e. The fourth-order valence-corrected chi connectivity index (χ4v) is 1.50. The zero-order chi connectivity index (χ0) is 13.3. The minimum Gasteiger partial charge on any atom is -0.399 e. The lowest BCUT2D eigenvalue weighted by Crippen LogP contribution is -2.11. The molecule has 2 N–H and O–H groups in total. The number of aryl methyl sites for hydroxylation is 1. The number of nitro groups is 1. The lowest BCUT2D eigenvalue weighted by atomic mass is 10.2. The van der Waals surface area contributed by atoms with Gasteiger partial charge in [-0.15, -0.1) is 0 Å². The molecule has 0 aromatic carbocycles. The molecule has 2 heterocycles. The first-order valence-electron chi connectivity index (χ1n) is 5.14. The Morgan fingerprint density at radius 2 is 2.33 bits per heavy atom. The van der Waals surface area contributed by atoms with Crippen molar-refractivity contribution in [3.05, 3.63) is 34.0 Å². The zero-order valence-corrected chi connectivity index (χ0v) is 9.49. The van der Waals surface area contributed by atoms with Gasteiger partial charge in [0.15, 0.2) is 5.76 Å². The van der Waals surface area contributed by atoms with Gasteiger partial charge in [-0.2, -0.15) is 5.10 Å². The summed E-state index contributed by atoms with van der Waals surface area (Å²) in [7, 11) is 0. The first kappa shape index (κ1) is 11.8. The normalized spacial score (nSPS) is 10.5. The Labute approximate surface area is 101 Å². The van der Waals surface area contributed by atoms with Gasteiger partial charge in [0.2, 0.25) is 0 Å². The summed E-state index contributed by atoms with van der Waals surface area (Å²) in [5.74, 6) is -0.932. The van der Waals surface area contributed by atoms with Crippen LogP contribution in [0.4, 0.5) is 5.88 Å². The minimum absolute atomic E-state index is 0.141. The summed E-state index contributed by atoms with van der Waals surface area (Å²) in [6.07, 6.45) is 1.48. The van der Waals surface area contributed by atoms with Crippen LogP contribution in [0.3, 0.4) is 0 Å². The molecule has 2 rings (SSSR count). The van der Waals surface area contributed by atoms with Gasteiger partial charge in [-0.25, -0.2) is 0 Å². The number of hydrogen-bond donors (Lipinski definition) is 1. The van der Waals surface area contributed by atoms with Gasteiger partial charge in [0.25, 0.3) is 5.91 Å². The maximum atomic E-state index is 11.3. The average Bonchev–Trinajstić information content (AvgIpc) is 2.95. The quantitative estimate of drug-likeness (QED) is 0.645. The molecular formula is C10H10N4O4. The van der Waals surface area contributed by atoms with E-state index in [-0.39, 0.29) is 17.0 Å². The number of hydrogen-bond acceptors (Lipinski definition) is 5. The van der Waals surface area contributed by atoms with Crippen LogP contribution in [0.1, 0.15) is 17.3 Å². The molecule has 94 valence electrons. The zero-order valence-electron chi connectivity index (χ0n) is 9.49. The SMILES string of the molecule is CCn1cc(C(N)=O)c(-c2ccc([N+](=O)[O-])o2)n1. The van der Waals surface area contributed by atoms with E-state index in [1.165, 1.54) is 23.0 Å². The van der Waals surface area contributed by atoms with Crippen molar-refractivity contribution >= 4 is 11.8 Å². The van der Waals surface area contributed by atoms with Crippen LogP contribution in [-0.2, 0) is 6.54 Å². The number of rotatable bonds is 4. The smallest absolute Gasteiger partial charge is 0.399 e. The van der Waals surface area contributed by atoms with Crippen molar-refractivity contribution < 1.29 is 14.1 Å². The van der Waals surface area contributed by atoms with Gasteiger partial charge < -0.3 is 10.2 Å². The van der Waals surface area contributed by atoms with Crippen LogP contribution in [0.5, 0.6) is 0 Å². The Hall–Kier alpha value is -2.64. The highest BCUT2D eigenvalue weighted by molar-refractivity contribution is 5.98. The summed E-state index contributed by atoms with van der Waals surface area (Å²) in [6, 6.07) is 2.58. The van der Waals surface area contributed by atoms with Gasteiger partial charge in [-0.05, 0) is 13.0 Å². The molecule has 0 unspecified atom stereocenters. The van der Waals surface area contributed by atoms with Gasteiger partial charge in [0.05, 0.1) is 11.6 Å². The summed E-state index contributed by atoms with van der Waals surface area (Å²) < 4.78 is 6.50. The molecule has 0 fully saturated rings. The van der Waals surface area contributed by atoms with Crippen molar-refractivity contribution in [2.75, 3.05) is 0 Å². The van der Waals surface area contributed by atoms with Crippen LogP contribution in [0.2, 0.25) is 0 Å². The molecule has 8 nitrogen and oxygen atoms in total. The maximum Gasteiger partial charge on any atom is 0.433 e. The topological polar surface area (TPSA) is 117 Å². The van der Waals surface area contributed by atoms with Crippen LogP contribution in [0, 0.1) is 10.1 Å². The van der Waals surface area contributed by atoms with Crippen molar-refractivity contribution in [2.45, 2.75) is 13.5 Å². The van der Waals surface area contributed by atoms with E-state index in [1.807, 2.05) is 6.92 Å². The number of nitrogens with zero attached hydrogens (tertiary/aromatic N) is 3. The van der Waals surface area contributed by atoms with Crippen molar-refractivity contribution in [2.24, 2.45) is 5.73 Å². The summed E-state index contributed by atoms with van der Waals surface area (Å²) >= 11 is 0. The molecule has 2 aromatic heterocycles. The molecule has 0 bridgehead atoms. The lowest BCUT2D eigenvalue weighted by Gasteiger charge is -1.93. The summed E-state index contributed by atoms with van der Waals surface area (Å²) in [5, 5.41) is 14.6. The first-order valence-corrected chi connectivity index (χ1v) is 5.14. The number of primary amides is 1.